The molecule has 38 heavy (non-hydrogen) atoms. The van der Waals surface area contributed by atoms with Crippen molar-refractivity contribution < 1.29 is 29.0 Å². The van der Waals surface area contributed by atoms with Gasteiger partial charge in [0.2, 0.25) is 0 Å². The van der Waals surface area contributed by atoms with Gasteiger partial charge < -0.3 is 14.6 Å². The molecule has 0 saturated carbocycles. The first-order valence-electron chi connectivity index (χ1n) is 12.7. The second-order valence-electron chi connectivity index (χ2n) is 9.18. The minimum atomic E-state index is -0.884. The number of Topliss-reactive ketones (excluding diaryl/α,β-unsaturated/α-hetero) is 1. The van der Waals surface area contributed by atoms with Gasteiger partial charge in [-0.05, 0) is 78.9 Å². The van der Waals surface area contributed by atoms with E-state index in [9.17, 15) is 19.5 Å². The molecule has 3 aromatic carbocycles. The third kappa shape index (κ3) is 5.32. The molecule has 1 aliphatic rings. The highest BCUT2D eigenvalue weighted by Gasteiger charge is 2.47. The van der Waals surface area contributed by atoms with Crippen molar-refractivity contribution in [3.63, 3.8) is 0 Å². The lowest BCUT2D eigenvalue weighted by Crippen LogP contribution is -2.29. The zero-order valence-electron chi connectivity index (χ0n) is 22.0. The van der Waals surface area contributed by atoms with Crippen LogP contribution in [0.2, 0.25) is 0 Å². The van der Waals surface area contributed by atoms with Gasteiger partial charge in [-0.1, -0.05) is 38.1 Å². The number of carbonyl (C=O) groups excluding carboxylic acids is 3. The largest absolute Gasteiger partial charge is 0.507 e. The number of hydrogen-bond acceptors (Lipinski definition) is 6. The van der Waals surface area contributed by atoms with E-state index >= 15 is 0 Å². The first kappa shape index (κ1) is 26.7. The van der Waals surface area contributed by atoms with E-state index in [0.717, 1.165) is 24.0 Å². The first-order valence-corrected chi connectivity index (χ1v) is 12.7. The fourth-order valence-electron chi connectivity index (χ4n) is 4.52. The van der Waals surface area contributed by atoms with Crippen LogP contribution >= 0.6 is 0 Å². The van der Waals surface area contributed by atoms with E-state index in [2.05, 4.69) is 0 Å². The molecule has 0 bridgehead atoms. The predicted octanol–water partition coefficient (Wildman–Crippen LogP) is 5.90. The van der Waals surface area contributed by atoms with E-state index in [4.69, 9.17) is 9.47 Å². The van der Waals surface area contributed by atoms with Crippen LogP contribution in [0.5, 0.6) is 11.5 Å². The summed E-state index contributed by atoms with van der Waals surface area (Å²) >= 11 is 0. The summed E-state index contributed by atoms with van der Waals surface area (Å²) in [4.78, 5) is 39.6. The van der Waals surface area contributed by atoms with Gasteiger partial charge in [-0.25, -0.2) is 0 Å². The lowest BCUT2D eigenvalue weighted by molar-refractivity contribution is -0.132. The number of aliphatic hydroxyl groups is 1. The van der Waals surface area contributed by atoms with Crippen molar-refractivity contribution in [2.45, 2.75) is 46.6 Å². The molecule has 0 spiro atoms. The van der Waals surface area contributed by atoms with Gasteiger partial charge in [-0.2, -0.15) is 0 Å². The second kappa shape index (κ2) is 11.3. The lowest BCUT2D eigenvalue weighted by atomic mass is 9.94. The van der Waals surface area contributed by atoms with Gasteiger partial charge in [0.05, 0.1) is 18.2 Å². The number of nitrogens with zero attached hydrogens (tertiary/aromatic N) is 1. The molecule has 0 aromatic heterocycles. The van der Waals surface area contributed by atoms with Crippen LogP contribution in [0.15, 0.2) is 72.3 Å². The van der Waals surface area contributed by atoms with Crippen LogP contribution in [0.1, 0.15) is 55.5 Å². The Hall–Kier alpha value is -4.39. The van der Waals surface area contributed by atoms with Crippen LogP contribution in [-0.4, -0.2) is 29.4 Å². The maximum atomic E-state index is 13.4. The van der Waals surface area contributed by atoms with E-state index in [-0.39, 0.29) is 11.3 Å². The molecule has 196 valence electrons. The highest BCUT2D eigenvalue weighted by molar-refractivity contribution is 6.51. The Morgan fingerprint density at radius 3 is 2.24 bits per heavy atom. The van der Waals surface area contributed by atoms with E-state index in [1.807, 2.05) is 32.9 Å². The Balaban J connectivity index is 1.85. The van der Waals surface area contributed by atoms with Gasteiger partial charge in [0.15, 0.2) is 0 Å². The Bertz CT molecular complexity index is 1390. The summed E-state index contributed by atoms with van der Waals surface area (Å²) in [6, 6.07) is 18.3. The smallest absolute Gasteiger partial charge is 0.308 e. The van der Waals surface area contributed by atoms with Crippen LogP contribution in [0, 0.1) is 6.92 Å². The molecule has 1 N–H and O–H groups in total. The number of carbonyl (C=O) groups is 3. The maximum Gasteiger partial charge on any atom is 0.308 e. The first-order chi connectivity index (χ1) is 18.2. The molecule has 0 radical (unpaired) electrons. The standard InChI is InChI=1S/C31H31NO6/c1-5-17-37-26-16-11-23(18-19(26)3)29(34)27-28(22-9-14-25(15-10-22)38-20(4)33)32(31(36)30(27)35)24-12-7-21(6-2)8-13-24/h7-16,18,28,34H,5-6,17H2,1-4H3/b29-27-. The molecule has 4 rings (SSSR count). The molecule has 7 nitrogen and oxygen atoms in total. The maximum absolute atomic E-state index is 13.4. The minimum Gasteiger partial charge on any atom is -0.507 e. The average Bonchev–Trinajstić information content (AvgIpc) is 3.17. The van der Waals surface area contributed by atoms with E-state index < -0.39 is 23.7 Å². The van der Waals surface area contributed by atoms with Gasteiger partial charge in [-0.15, -0.1) is 0 Å². The lowest BCUT2D eigenvalue weighted by Gasteiger charge is -2.26. The van der Waals surface area contributed by atoms with Crippen LogP contribution in [-0.2, 0) is 20.8 Å². The van der Waals surface area contributed by atoms with Crippen molar-refractivity contribution >= 4 is 29.1 Å². The SMILES string of the molecule is CCCOc1ccc(/C(O)=C2/C(=O)C(=O)N(c3ccc(CC)cc3)C2c2ccc(OC(C)=O)cc2)cc1C. The van der Waals surface area contributed by atoms with Crippen molar-refractivity contribution in [1.82, 2.24) is 0 Å². The van der Waals surface area contributed by atoms with Gasteiger partial charge in [0.25, 0.3) is 11.7 Å². The quantitative estimate of drug-likeness (QED) is 0.133. The minimum absolute atomic E-state index is 0.0172. The van der Waals surface area contributed by atoms with Crippen molar-refractivity contribution in [3.8, 4) is 11.5 Å². The number of esters is 1. The Morgan fingerprint density at radius 2 is 1.66 bits per heavy atom. The molecule has 1 atom stereocenters. The van der Waals surface area contributed by atoms with Gasteiger partial charge in [0.1, 0.15) is 17.3 Å². The summed E-state index contributed by atoms with van der Waals surface area (Å²) in [5.74, 6) is -1.21. The molecule has 1 amide bonds. The molecule has 1 saturated heterocycles. The van der Waals surface area contributed by atoms with Gasteiger partial charge in [0, 0.05) is 18.2 Å². The molecule has 3 aromatic rings. The number of ether oxygens (including phenoxy) is 2. The molecule has 7 heteroatoms. The molecule has 1 heterocycles. The molecule has 1 unspecified atom stereocenters. The normalized spacial score (nSPS) is 16.5. The number of hydrogen-bond donors (Lipinski definition) is 1. The molecule has 0 aliphatic carbocycles. The molecular formula is C31H31NO6. The van der Waals surface area contributed by atoms with E-state index in [1.165, 1.54) is 11.8 Å². The zero-order valence-corrected chi connectivity index (χ0v) is 22.0. The van der Waals surface area contributed by atoms with Crippen LogP contribution in [0.4, 0.5) is 5.69 Å². The summed E-state index contributed by atoms with van der Waals surface area (Å²) < 4.78 is 10.9. The van der Waals surface area contributed by atoms with Gasteiger partial charge in [-0.3, -0.25) is 19.3 Å². The molecular weight excluding hydrogens is 482 g/mol. The monoisotopic (exact) mass is 513 g/mol. The van der Waals surface area contributed by atoms with Crippen LogP contribution in [0.3, 0.4) is 0 Å². The number of amides is 1. The summed E-state index contributed by atoms with van der Waals surface area (Å²) in [5, 5.41) is 11.4. The Morgan fingerprint density at radius 1 is 0.974 bits per heavy atom. The van der Waals surface area contributed by atoms with Crippen molar-refractivity contribution in [3.05, 3.63) is 94.6 Å². The molecule has 1 aliphatic heterocycles. The predicted molar refractivity (Wildman–Crippen MR) is 145 cm³/mol. The number of aryl methyl sites for hydroxylation is 2. The topological polar surface area (TPSA) is 93.1 Å². The van der Waals surface area contributed by atoms with Gasteiger partial charge >= 0.3 is 5.97 Å². The van der Waals surface area contributed by atoms with E-state index in [0.29, 0.717) is 34.9 Å². The number of aliphatic hydroxyl groups excluding tert-OH is 1. The second-order valence-corrected chi connectivity index (χ2v) is 9.18. The van der Waals surface area contributed by atoms with Crippen molar-refractivity contribution in [2.75, 3.05) is 11.5 Å². The zero-order chi connectivity index (χ0) is 27.4. The van der Waals surface area contributed by atoms with Crippen molar-refractivity contribution in [2.24, 2.45) is 0 Å². The summed E-state index contributed by atoms with van der Waals surface area (Å²) in [6.45, 7) is 7.79. The summed E-state index contributed by atoms with van der Waals surface area (Å²) in [7, 11) is 0. The highest BCUT2D eigenvalue weighted by Crippen LogP contribution is 2.43. The number of anilines is 1. The Labute approximate surface area is 222 Å². The number of rotatable bonds is 8. The number of ketones is 1. The summed E-state index contributed by atoms with van der Waals surface area (Å²) in [5.41, 5.74) is 3.41. The third-order valence-electron chi connectivity index (χ3n) is 6.43. The number of benzene rings is 3. The molecule has 1 fully saturated rings. The average molecular weight is 514 g/mol. The third-order valence-corrected chi connectivity index (χ3v) is 6.43. The van der Waals surface area contributed by atoms with Crippen LogP contribution < -0.4 is 14.4 Å². The summed E-state index contributed by atoms with van der Waals surface area (Å²) in [6.07, 6.45) is 1.69. The fourth-order valence-corrected chi connectivity index (χ4v) is 4.52. The fraction of sp³-hybridized carbons (Fsp3) is 0.258. The van der Waals surface area contributed by atoms with Crippen molar-refractivity contribution in [1.29, 1.82) is 0 Å². The van der Waals surface area contributed by atoms with E-state index in [1.54, 1.807) is 54.6 Å². The Kier molecular flexibility index (Phi) is 7.96. The van der Waals surface area contributed by atoms with Crippen LogP contribution in [0.25, 0.3) is 5.76 Å². The highest BCUT2D eigenvalue weighted by atomic mass is 16.5.